The van der Waals surface area contributed by atoms with Gasteiger partial charge in [-0.1, -0.05) is 12.1 Å². The SMILES string of the molecule is N#CC(Nc1ccccc1F)C1CC1. The molecule has 3 heteroatoms. The third kappa shape index (κ3) is 1.85. The summed E-state index contributed by atoms with van der Waals surface area (Å²) in [6, 6.07) is 8.36. The first kappa shape index (κ1) is 9.01. The van der Waals surface area contributed by atoms with Crippen LogP contribution in [-0.2, 0) is 0 Å². The number of anilines is 1. The van der Waals surface area contributed by atoms with E-state index in [4.69, 9.17) is 5.26 Å². The van der Waals surface area contributed by atoms with Crippen LogP contribution in [0.5, 0.6) is 0 Å². The average molecular weight is 190 g/mol. The molecule has 1 saturated carbocycles. The summed E-state index contributed by atoms with van der Waals surface area (Å²) >= 11 is 0. The molecule has 0 amide bonds. The summed E-state index contributed by atoms with van der Waals surface area (Å²) in [6.07, 6.45) is 2.14. The minimum Gasteiger partial charge on any atom is -0.367 e. The molecule has 0 bridgehead atoms. The van der Waals surface area contributed by atoms with Gasteiger partial charge in [-0.15, -0.1) is 0 Å². The molecule has 72 valence electrons. The maximum atomic E-state index is 13.2. The van der Waals surface area contributed by atoms with Crippen molar-refractivity contribution in [2.24, 2.45) is 5.92 Å². The molecule has 0 radical (unpaired) electrons. The van der Waals surface area contributed by atoms with E-state index in [1.807, 2.05) is 0 Å². The number of para-hydroxylation sites is 1. The first-order chi connectivity index (χ1) is 6.81. The molecule has 2 rings (SSSR count). The van der Waals surface area contributed by atoms with Crippen molar-refractivity contribution in [2.45, 2.75) is 18.9 Å². The van der Waals surface area contributed by atoms with Crippen molar-refractivity contribution in [1.82, 2.24) is 0 Å². The fourth-order valence-electron chi connectivity index (χ4n) is 1.43. The Morgan fingerprint density at radius 2 is 2.14 bits per heavy atom. The average Bonchev–Trinajstić information content (AvgIpc) is 3.00. The zero-order valence-corrected chi connectivity index (χ0v) is 7.70. The van der Waals surface area contributed by atoms with Gasteiger partial charge >= 0.3 is 0 Å². The summed E-state index contributed by atoms with van der Waals surface area (Å²) in [7, 11) is 0. The lowest BCUT2D eigenvalue weighted by molar-refractivity contribution is 0.626. The second-order valence-electron chi connectivity index (χ2n) is 3.57. The van der Waals surface area contributed by atoms with Crippen LogP contribution in [0.2, 0.25) is 0 Å². The van der Waals surface area contributed by atoms with Crippen LogP contribution in [0.25, 0.3) is 0 Å². The van der Waals surface area contributed by atoms with Gasteiger partial charge in [0.15, 0.2) is 0 Å². The highest BCUT2D eigenvalue weighted by Crippen LogP contribution is 2.34. The summed E-state index contributed by atoms with van der Waals surface area (Å²) in [5, 5.41) is 11.8. The van der Waals surface area contributed by atoms with E-state index in [0.29, 0.717) is 11.6 Å². The van der Waals surface area contributed by atoms with Crippen LogP contribution in [0, 0.1) is 23.1 Å². The first-order valence-electron chi connectivity index (χ1n) is 4.72. The molecule has 1 unspecified atom stereocenters. The highest BCUT2D eigenvalue weighted by Gasteiger charge is 2.31. The number of hydrogen-bond donors (Lipinski definition) is 1. The van der Waals surface area contributed by atoms with Gasteiger partial charge in [0.2, 0.25) is 0 Å². The smallest absolute Gasteiger partial charge is 0.146 e. The van der Waals surface area contributed by atoms with E-state index in [-0.39, 0.29) is 11.9 Å². The zero-order valence-electron chi connectivity index (χ0n) is 7.70. The Morgan fingerprint density at radius 3 is 2.71 bits per heavy atom. The Morgan fingerprint density at radius 1 is 1.43 bits per heavy atom. The van der Waals surface area contributed by atoms with E-state index < -0.39 is 0 Å². The topological polar surface area (TPSA) is 35.8 Å². The Labute approximate surface area is 82.4 Å². The molecule has 1 aromatic carbocycles. The Hall–Kier alpha value is -1.56. The van der Waals surface area contributed by atoms with Crippen LogP contribution in [-0.4, -0.2) is 6.04 Å². The molecule has 1 aromatic rings. The van der Waals surface area contributed by atoms with E-state index in [0.717, 1.165) is 12.8 Å². The summed E-state index contributed by atoms with van der Waals surface area (Å²) in [6.45, 7) is 0. The van der Waals surface area contributed by atoms with Gasteiger partial charge in [-0.3, -0.25) is 0 Å². The largest absolute Gasteiger partial charge is 0.367 e. The number of nitriles is 1. The van der Waals surface area contributed by atoms with Crippen LogP contribution in [0.4, 0.5) is 10.1 Å². The molecule has 2 nitrogen and oxygen atoms in total. The minimum atomic E-state index is -0.298. The maximum absolute atomic E-state index is 13.2. The molecule has 0 aromatic heterocycles. The third-order valence-corrected chi connectivity index (χ3v) is 2.42. The number of nitrogens with one attached hydrogen (secondary N) is 1. The quantitative estimate of drug-likeness (QED) is 0.795. The van der Waals surface area contributed by atoms with E-state index >= 15 is 0 Å². The molecule has 1 aliphatic carbocycles. The van der Waals surface area contributed by atoms with E-state index in [2.05, 4.69) is 11.4 Å². The zero-order chi connectivity index (χ0) is 9.97. The van der Waals surface area contributed by atoms with Gasteiger partial charge in [0, 0.05) is 0 Å². The Bertz CT molecular complexity index is 366. The molecular weight excluding hydrogens is 179 g/mol. The van der Waals surface area contributed by atoms with Gasteiger partial charge in [-0.25, -0.2) is 4.39 Å². The van der Waals surface area contributed by atoms with Gasteiger partial charge < -0.3 is 5.32 Å². The summed E-state index contributed by atoms with van der Waals surface area (Å²) in [5.74, 6) is 0.105. The number of halogens is 1. The van der Waals surface area contributed by atoms with Crippen LogP contribution >= 0.6 is 0 Å². The van der Waals surface area contributed by atoms with E-state index in [1.54, 1.807) is 18.2 Å². The second-order valence-corrected chi connectivity index (χ2v) is 3.57. The van der Waals surface area contributed by atoms with Crippen molar-refractivity contribution in [1.29, 1.82) is 5.26 Å². The van der Waals surface area contributed by atoms with Crippen molar-refractivity contribution >= 4 is 5.69 Å². The molecule has 14 heavy (non-hydrogen) atoms. The molecule has 0 saturated heterocycles. The predicted molar refractivity (Wildman–Crippen MR) is 52.1 cm³/mol. The third-order valence-electron chi connectivity index (χ3n) is 2.42. The van der Waals surface area contributed by atoms with Crippen molar-refractivity contribution in [3.63, 3.8) is 0 Å². The molecule has 0 aliphatic heterocycles. The predicted octanol–water partition coefficient (Wildman–Crippen LogP) is 2.54. The molecule has 0 heterocycles. The minimum absolute atomic E-state index is 0.244. The summed E-state index contributed by atoms with van der Waals surface area (Å²) in [5.41, 5.74) is 0.422. The molecule has 1 aliphatic rings. The maximum Gasteiger partial charge on any atom is 0.146 e. The summed E-state index contributed by atoms with van der Waals surface area (Å²) in [4.78, 5) is 0. The van der Waals surface area contributed by atoms with Crippen molar-refractivity contribution in [3.05, 3.63) is 30.1 Å². The van der Waals surface area contributed by atoms with Crippen molar-refractivity contribution in [2.75, 3.05) is 5.32 Å². The highest BCUT2D eigenvalue weighted by molar-refractivity contribution is 5.46. The lowest BCUT2D eigenvalue weighted by atomic mass is 10.2. The first-order valence-corrected chi connectivity index (χ1v) is 4.72. The van der Waals surface area contributed by atoms with Gasteiger partial charge in [-0.2, -0.15) is 5.26 Å². The fraction of sp³-hybridized carbons (Fsp3) is 0.364. The molecular formula is C11H11FN2. The molecule has 1 N–H and O–H groups in total. The van der Waals surface area contributed by atoms with Crippen LogP contribution in [0.15, 0.2) is 24.3 Å². The number of hydrogen-bond acceptors (Lipinski definition) is 2. The van der Waals surface area contributed by atoms with Crippen LogP contribution in [0.3, 0.4) is 0 Å². The molecule has 0 spiro atoms. The normalized spacial score (nSPS) is 17.1. The van der Waals surface area contributed by atoms with Gasteiger partial charge in [0.25, 0.3) is 0 Å². The molecule has 1 atom stereocenters. The van der Waals surface area contributed by atoms with Crippen LogP contribution < -0.4 is 5.32 Å². The summed E-state index contributed by atoms with van der Waals surface area (Å²) < 4.78 is 13.2. The van der Waals surface area contributed by atoms with Crippen molar-refractivity contribution in [3.8, 4) is 6.07 Å². The second kappa shape index (κ2) is 3.67. The Balaban J connectivity index is 2.09. The lowest BCUT2D eigenvalue weighted by Gasteiger charge is -2.11. The number of rotatable bonds is 3. The highest BCUT2D eigenvalue weighted by atomic mass is 19.1. The Kier molecular flexibility index (Phi) is 2.36. The van der Waals surface area contributed by atoms with Gasteiger partial charge in [0.1, 0.15) is 11.9 Å². The number of benzene rings is 1. The van der Waals surface area contributed by atoms with Crippen molar-refractivity contribution < 1.29 is 4.39 Å². The fourth-order valence-corrected chi connectivity index (χ4v) is 1.43. The molecule has 1 fully saturated rings. The van der Waals surface area contributed by atoms with E-state index in [9.17, 15) is 4.39 Å². The lowest BCUT2D eigenvalue weighted by Crippen LogP contribution is -2.20. The van der Waals surface area contributed by atoms with E-state index in [1.165, 1.54) is 6.07 Å². The van der Waals surface area contributed by atoms with Crippen LogP contribution in [0.1, 0.15) is 12.8 Å². The van der Waals surface area contributed by atoms with Gasteiger partial charge in [0.05, 0.1) is 11.8 Å². The number of nitrogens with zero attached hydrogens (tertiary/aromatic N) is 1. The monoisotopic (exact) mass is 190 g/mol. The van der Waals surface area contributed by atoms with Gasteiger partial charge in [-0.05, 0) is 30.9 Å². The standard InChI is InChI=1S/C11H11FN2/c12-9-3-1-2-4-10(9)14-11(7-13)8-5-6-8/h1-4,8,11,14H,5-6H2.